The molecule has 0 aliphatic heterocycles. The normalized spacial score (nSPS) is 14.5. The first kappa shape index (κ1) is 104. The van der Waals surface area contributed by atoms with E-state index < -0.39 is 57.9 Å². The molecule has 0 fully saturated rings. The average molecular weight is 1520 g/mol. The molecule has 2 aromatic rings. The van der Waals surface area contributed by atoms with Crippen molar-refractivity contribution in [1.29, 1.82) is 0 Å². The first-order chi connectivity index (χ1) is 49.2. The third-order valence-corrected chi connectivity index (χ3v) is 18.4. The fraction of sp³-hybridized carbons (Fsp3) is 0.750. The van der Waals surface area contributed by atoms with E-state index in [1.807, 2.05) is 147 Å². The summed E-state index contributed by atoms with van der Waals surface area (Å²) in [6.45, 7) is 58.3. The lowest BCUT2D eigenvalue weighted by Gasteiger charge is -2.31. The predicted molar refractivity (Wildman–Crippen MR) is 445 cm³/mol. The molecule has 108 heavy (non-hydrogen) atoms. The molecule has 0 aliphatic carbocycles. The van der Waals surface area contributed by atoms with Gasteiger partial charge in [-0.1, -0.05) is 255 Å². The van der Waals surface area contributed by atoms with E-state index in [0.29, 0.717) is 77.5 Å². The molecule has 0 bridgehead atoms. The number of nitrogens with one attached hydrogen (secondary N) is 6. The van der Waals surface area contributed by atoms with Gasteiger partial charge in [0, 0.05) is 58.4 Å². The van der Waals surface area contributed by atoms with Gasteiger partial charge in [-0.3, -0.25) is 38.4 Å². The van der Waals surface area contributed by atoms with Crippen molar-refractivity contribution in [2.75, 3.05) is 26.2 Å². The van der Waals surface area contributed by atoms with E-state index >= 15 is 0 Å². The molecule has 0 saturated heterocycles. The van der Waals surface area contributed by atoms with Crippen LogP contribution < -0.4 is 54.8 Å². The van der Waals surface area contributed by atoms with Gasteiger partial charge in [-0.15, -0.1) is 0 Å². The second-order valence-electron chi connectivity index (χ2n) is 39.7. The SMILES string of the molecule is CC(C)(C)CC(Cc1ccccc1)C(=O)NC(CCCCN)C(=O)C(C)(C)C.CC(C)(C)C[C@@H](Cc1ccccc1)C(=O)N[C@@H](CCCCN)C(=O)C(C)(C)C.CC(C)C(CC(C)(C)C)C(=O)NC(CCCNC(N)=O)C(=O)C(C)(C)C.CC(C)[C@H](CC(C)(C)C)C(=O)N[C@@H](CCCNC(N)=O)C(=O)C(C)(C)C. The predicted octanol–water partition coefficient (Wildman–Crippen LogP) is 15.5. The van der Waals surface area contributed by atoms with E-state index in [9.17, 15) is 47.9 Å². The number of unbranched alkanes of at least 4 members (excludes halogenated alkanes) is 2. The summed E-state index contributed by atoms with van der Waals surface area (Å²) in [7, 11) is 0. The van der Waals surface area contributed by atoms with Crippen molar-refractivity contribution in [2.45, 2.75) is 321 Å². The lowest BCUT2D eigenvalue weighted by Crippen LogP contribution is -2.49. The topological polar surface area (TPSA) is 347 Å². The third kappa shape index (κ3) is 48.2. The molecule has 8 atom stereocenters. The van der Waals surface area contributed by atoms with E-state index in [1.54, 1.807) is 0 Å². The summed E-state index contributed by atoms with van der Waals surface area (Å²) in [6.07, 6.45) is 11.2. The fourth-order valence-electron chi connectivity index (χ4n) is 12.7. The number of benzene rings is 2. The number of nitrogens with two attached hydrogens (primary N) is 4. The van der Waals surface area contributed by atoms with Gasteiger partial charge in [-0.05, 0) is 160 Å². The Morgan fingerprint density at radius 3 is 0.759 bits per heavy atom. The zero-order chi connectivity index (χ0) is 84.2. The van der Waals surface area contributed by atoms with Crippen molar-refractivity contribution >= 4 is 58.8 Å². The molecule has 0 aromatic heterocycles. The summed E-state index contributed by atoms with van der Waals surface area (Å²) in [5.41, 5.74) is 21.7. The molecule has 0 spiro atoms. The third-order valence-electron chi connectivity index (χ3n) is 18.4. The summed E-state index contributed by atoms with van der Waals surface area (Å²) in [5.74, 6) is -0.218. The Hall–Kier alpha value is -6.54. The molecule has 2 rings (SSSR count). The van der Waals surface area contributed by atoms with Gasteiger partial charge in [-0.25, -0.2) is 9.59 Å². The van der Waals surface area contributed by atoms with Crippen molar-refractivity contribution in [3.63, 3.8) is 0 Å². The molecule has 0 saturated carbocycles. The number of ketones is 4. The fourth-order valence-corrected chi connectivity index (χ4v) is 12.7. The molecule has 0 aliphatic rings. The Labute approximate surface area is 656 Å². The Morgan fingerprint density at radius 2 is 0.556 bits per heavy atom. The van der Waals surface area contributed by atoms with Crippen LogP contribution in [0.15, 0.2) is 60.7 Å². The van der Waals surface area contributed by atoms with Gasteiger partial charge in [0.25, 0.3) is 0 Å². The molecule has 20 nitrogen and oxygen atoms in total. The number of Topliss-reactive ketones (excluding diaryl/α,β-unsaturated/α-hetero) is 4. The van der Waals surface area contributed by atoms with Gasteiger partial charge < -0.3 is 54.8 Å². The second kappa shape index (κ2) is 48.3. The highest BCUT2D eigenvalue weighted by molar-refractivity contribution is 5.95. The van der Waals surface area contributed by atoms with Gasteiger partial charge in [0.1, 0.15) is 0 Å². The Morgan fingerprint density at radius 1 is 0.324 bits per heavy atom. The van der Waals surface area contributed by atoms with E-state index in [-0.39, 0.29) is 104 Å². The van der Waals surface area contributed by atoms with Crippen LogP contribution in [0.4, 0.5) is 9.59 Å². The van der Waals surface area contributed by atoms with Gasteiger partial charge in [0.2, 0.25) is 23.6 Å². The van der Waals surface area contributed by atoms with Crippen LogP contribution in [0.2, 0.25) is 0 Å². The minimum absolute atomic E-state index is 0.00295. The van der Waals surface area contributed by atoms with Crippen molar-refractivity contribution in [2.24, 2.45) is 102 Å². The zero-order valence-electron chi connectivity index (χ0n) is 73.1. The molecular formula is C88H158N10O10. The molecule has 2 aromatic carbocycles. The lowest BCUT2D eigenvalue weighted by molar-refractivity contribution is -0.135. The maximum atomic E-state index is 13.2. The summed E-state index contributed by atoms with van der Waals surface area (Å²) in [5, 5.41) is 17.2. The maximum absolute atomic E-state index is 13.2. The van der Waals surface area contributed by atoms with Crippen LogP contribution in [0.5, 0.6) is 0 Å². The van der Waals surface area contributed by atoms with Crippen LogP contribution in [0.3, 0.4) is 0 Å². The van der Waals surface area contributed by atoms with Crippen LogP contribution in [0.25, 0.3) is 0 Å². The number of hydrogen-bond donors (Lipinski definition) is 10. The quantitative estimate of drug-likeness (QED) is 0.0281. The summed E-state index contributed by atoms with van der Waals surface area (Å²) < 4.78 is 0. The number of primary amides is 2. The van der Waals surface area contributed by atoms with Crippen molar-refractivity contribution in [3.05, 3.63) is 71.8 Å². The summed E-state index contributed by atoms with van der Waals surface area (Å²) >= 11 is 0. The van der Waals surface area contributed by atoms with E-state index in [2.05, 4.69) is 139 Å². The molecule has 0 heterocycles. The number of amides is 8. The summed E-state index contributed by atoms with van der Waals surface area (Å²) in [4.78, 5) is 125. The lowest BCUT2D eigenvalue weighted by atomic mass is 9.78. The van der Waals surface area contributed by atoms with Gasteiger partial charge >= 0.3 is 12.1 Å². The number of hydrogen-bond acceptors (Lipinski definition) is 12. The Kier molecular flexibility index (Phi) is 46.3. The second-order valence-corrected chi connectivity index (χ2v) is 39.7. The number of carbonyl (C=O) groups excluding carboxylic acids is 10. The molecule has 8 amide bonds. The minimum atomic E-state index is -0.585. The Bertz CT molecular complexity index is 2800. The van der Waals surface area contributed by atoms with E-state index in [1.165, 1.54) is 0 Å². The van der Waals surface area contributed by atoms with Gasteiger partial charge in [-0.2, -0.15) is 0 Å². The van der Waals surface area contributed by atoms with E-state index in [4.69, 9.17) is 22.9 Å². The number of carbonyl (C=O) groups is 10. The zero-order valence-corrected chi connectivity index (χ0v) is 73.1. The monoisotopic (exact) mass is 1520 g/mol. The largest absolute Gasteiger partial charge is 0.352 e. The highest BCUT2D eigenvalue weighted by Crippen LogP contribution is 2.34. The van der Waals surface area contributed by atoms with E-state index in [0.717, 1.165) is 62.5 Å². The highest BCUT2D eigenvalue weighted by Gasteiger charge is 2.39. The highest BCUT2D eigenvalue weighted by atomic mass is 16.2. The first-order valence-corrected chi connectivity index (χ1v) is 40.1. The minimum Gasteiger partial charge on any atom is -0.352 e. The number of urea groups is 2. The smallest absolute Gasteiger partial charge is 0.312 e. The first-order valence-electron chi connectivity index (χ1n) is 40.1. The van der Waals surface area contributed by atoms with Gasteiger partial charge in [0.05, 0.1) is 24.2 Å². The number of rotatable bonds is 38. The maximum Gasteiger partial charge on any atom is 0.312 e. The van der Waals surface area contributed by atoms with Gasteiger partial charge in [0.15, 0.2) is 23.1 Å². The van der Waals surface area contributed by atoms with Crippen LogP contribution in [0, 0.1) is 78.8 Å². The molecule has 0 radical (unpaired) electrons. The summed E-state index contributed by atoms with van der Waals surface area (Å²) in [6, 6.07) is 17.0. The van der Waals surface area contributed by atoms with Crippen LogP contribution in [-0.4, -0.2) is 109 Å². The molecule has 14 N–H and O–H groups in total. The van der Waals surface area contributed by atoms with Crippen molar-refractivity contribution < 1.29 is 47.9 Å². The van der Waals surface area contributed by atoms with Crippen LogP contribution in [-0.2, 0) is 51.2 Å². The molecular weight excluding hydrogens is 1360 g/mol. The molecule has 4 unspecified atom stereocenters. The average Bonchev–Trinajstić information content (AvgIpc) is 0.851. The van der Waals surface area contributed by atoms with Crippen LogP contribution >= 0.6 is 0 Å². The van der Waals surface area contributed by atoms with Crippen LogP contribution in [0.1, 0.15) is 295 Å². The molecule has 20 heteroatoms. The molecule has 620 valence electrons. The van der Waals surface area contributed by atoms with Crippen molar-refractivity contribution in [3.8, 4) is 0 Å². The van der Waals surface area contributed by atoms with Crippen molar-refractivity contribution in [1.82, 2.24) is 31.9 Å². The Balaban J connectivity index is 0. The standard InChI is InChI=1S/2C24H40N2O2.2C20H39N3O3/c2*1-23(2,3)17-19(16-18-12-8-7-9-13-18)22(28)26-20(14-10-11-15-25)21(27)24(4,5)6;2*1-13(2)14(12-19(3,4)5)17(25)23-15(16(24)20(6,7)8)10-9-11-22-18(21)26/h2*7-9,12-13,19-20H,10-11,14-17,25H2,1-6H3,(H,26,28);2*13-15H,9-12H2,1-8H3,(H,23,25)(H3,21,22,26)/t19-,20+;;14-,15-;/m1.0./s1.